The summed E-state index contributed by atoms with van der Waals surface area (Å²) in [6.07, 6.45) is -2.99. The first-order valence-corrected chi connectivity index (χ1v) is 10.5. The molecule has 0 saturated heterocycles. The molecule has 25 heavy (non-hydrogen) atoms. The van der Waals surface area contributed by atoms with Gasteiger partial charge in [-0.05, 0) is 12.3 Å². The first-order chi connectivity index (χ1) is 11.0. The van der Waals surface area contributed by atoms with E-state index in [0.717, 1.165) is 12.2 Å². The summed E-state index contributed by atoms with van der Waals surface area (Å²) in [5, 5.41) is -6.15. The zero-order valence-corrected chi connectivity index (χ0v) is 17.7. The van der Waals surface area contributed by atoms with E-state index in [1.54, 1.807) is 20.1 Å². The van der Waals surface area contributed by atoms with E-state index in [-0.39, 0.29) is 9.73 Å². The molecule has 1 aliphatic rings. The van der Waals surface area contributed by atoms with Crippen molar-refractivity contribution in [2.45, 2.75) is 40.8 Å². The zero-order chi connectivity index (χ0) is 20.0. The SMILES string of the molecule is CSC(C)C1(Br)C=C([S+]([O-])C(F)(F)C(F)(F)C(F)(F)F)C=C(Br)[C]1C. The predicted molar refractivity (Wildman–Crippen MR) is 92.7 cm³/mol. The van der Waals surface area contributed by atoms with Crippen LogP contribution in [-0.4, -0.2) is 37.7 Å². The van der Waals surface area contributed by atoms with Crippen LogP contribution in [0.2, 0.25) is 0 Å². The Hall–Kier alpha value is 0.610. The zero-order valence-electron chi connectivity index (χ0n) is 12.9. The van der Waals surface area contributed by atoms with Crippen molar-refractivity contribution in [3.63, 3.8) is 0 Å². The minimum atomic E-state index is -6.54. The van der Waals surface area contributed by atoms with Gasteiger partial charge in [-0.2, -0.15) is 33.7 Å². The number of rotatable bonds is 5. The second-order valence-corrected chi connectivity index (χ2v) is 10.0. The van der Waals surface area contributed by atoms with Gasteiger partial charge in [0.05, 0.1) is 15.5 Å². The van der Waals surface area contributed by atoms with Gasteiger partial charge in [0, 0.05) is 21.7 Å². The molecule has 0 saturated carbocycles. The van der Waals surface area contributed by atoms with E-state index in [0.29, 0.717) is 5.92 Å². The quantitative estimate of drug-likeness (QED) is 0.236. The molecule has 0 spiro atoms. The molecule has 0 aromatic carbocycles. The summed E-state index contributed by atoms with van der Waals surface area (Å²) in [6.45, 7) is 3.30. The summed E-state index contributed by atoms with van der Waals surface area (Å²) in [5.41, 5.74) is 0. The number of alkyl halides is 8. The summed E-state index contributed by atoms with van der Waals surface area (Å²) < 4.78 is 102. The molecule has 145 valence electrons. The van der Waals surface area contributed by atoms with Gasteiger partial charge in [0.15, 0.2) is 4.91 Å². The van der Waals surface area contributed by atoms with Crippen LogP contribution < -0.4 is 0 Å². The van der Waals surface area contributed by atoms with Gasteiger partial charge >= 0.3 is 17.4 Å². The average Bonchev–Trinajstić information content (AvgIpc) is 2.49. The van der Waals surface area contributed by atoms with E-state index in [2.05, 4.69) is 31.9 Å². The number of allylic oxidation sites excluding steroid dienone is 3. The molecule has 12 heteroatoms. The van der Waals surface area contributed by atoms with E-state index >= 15 is 0 Å². The first kappa shape index (κ1) is 23.6. The van der Waals surface area contributed by atoms with Crippen LogP contribution in [0, 0.1) is 5.92 Å². The number of halogens is 9. The fraction of sp³-hybridized carbons (Fsp3) is 0.615. The third-order valence-corrected chi connectivity index (χ3v) is 8.77. The van der Waals surface area contributed by atoms with Crippen LogP contribution >= 0.6 is 43.6 Å². The third-order valence-electron chi connectivity index (χ3n) is 3.67. The lowest BCUT2D eigenvalue weighted by Gasteiger charge is -2.38. The Bertz CT molecular complexity index is 579. The molecule has 0 aromatic rings. The Morgan fingerprint density at radius 3 is 2.08 bits per heavy atom. The summed E-state index contributed by atoms with van der Waals surface area (Å²) in [5.74, 6) is -5.87. The molecule has 1 nitrogen and oxygen atoms in total. The maximum Gasteiger partial charge on any atom is 0.486 e. The van der Waals surface area contributed by atoms with Crippen molar-refractivity contribution in [3.8, 4) is 0 Å². The van der Waals surface area contributed by atoms with Crippen molar-refractivity contribution in [3.05, 3.63) is 27.5 Å². The molecule has 1 radical (unpaired) electrons. The van der Waals surface area contributed by atoms with Gasteiger partial charge < -0.3 is 4.55 Å². The highest BCUT2D eigenvalue weighted by Crippen LogP contribution is 2.54. The van der Waals surface area contributed by atoms with Crippen LogP contribution in [0.25, 0.3) is 0 Å². The van der Waals surface area contributed by atoms with Gasteiger partial charge in [-0.15, -0.1) is 8.78 Å². The minimum Gasteiger partial charge on any atom is -0.607 e. The smallest absolute Gasteiger partial charge is 0.486 e. The lowest BCUT2D eigenvalue weighted by atomic mass is 9.87. The Labute approximate surface area is 164 Å². The van der Waals surface area contributed by atoms with Crippen molar-refractivity contribution in [2.24, 2.45) is 0 Å². The van der Waals surface area contributed by atoms with Gasteiger partial charge in [0.2, 0.25) is 0 Å². The van der Waals surface area contributed by atoms with Gasteiger partial charge in [0.1, 0.15) is 0 Å². The van der Waals surface area contributed by atoms with Crippen LogP contribution in [0.15, 0.2) is 21.5 Å². The molecule has 3 unspecified atom stereocenters. The molecule has 0 N–H and O–H groups in total. The molecule has 0 amide bonds. The van der Waals surface area contributed by atoms with Gasteiger partial charge in [-0.25, -0.2) is 0 Å². The molecule has 0 heterocycles. The number of hydrogen-bond donors (Lipinski definition) is 0. The Balaban J connectivity index is 3.41. The van der Waals surface area contributed by atoms with E-state index in [1.165, 1.54) is 11.8 Å². The second kappa shape index (κ2) is 7.56. The molecule has 0 bridgehead atoms. The number of thioether (sulfide) groups is 1. The van der Waals surface area contributed by atoms with E-state index in [1.807, 2.05) is 0 Å². The molecule has 3 atom stereocenters. The predicted octanol–water partition coefficient (Wildman–Crippen LogP) is 6.18. The molecular formula is C13H12Br2F7OS2. The van der Waals surface area contributed by atoms with Crippen LogP contribution in [0.4, 0.5) is 30.7 Å². The van der Waals surface area contributed by atoms with Crippen molar-refractivity contribution in [1.29, 1.82) is 0 Å². The Kier molecular flexibility index (Phi) is 7.15. The lowest BCUT2D eigenvalue weighted by Crippen LogP contribution is -2.56. The topological polar surface area (TPSA) is 23.1 Å². The normalized spacial score (nSPS) is 26.1. The highest BCUT2D eigenvalue weighted by Gasteiger charge is 2.80. The first-order valence-electron chi connectivity index (χ1n) is 6.44. The van der Waals surface area contributed by atoms with E-state index in [4.69, 9.17) is 0 Å². The third kappa shape index (κ3) is 4.07. The van der Waals surface area contributed by atoms with E-state index < -0.39 is 37.8 Å². The van der Waals surface area contributed by atoms with Gasteiger partial charge in [-0.3, -0.25) is 0 Å². The van der Waals surface area contributed by atoms with Crippen molar-refractivity contribution in [1.82, 2.24) is 0 Å². The summed E-state index contributed by atoms with van der Waals surface area (Å²) in [6, 6.07) is 0. The Morgan fingerprint density at radius 2 is 1.68 bits per heavy atom. The molecule has 1 aliphatic carbocycles. The standard InChI is InChI=1S/C13H12Br2F7OS2/c1-6-9(14)4-8(5-10(6,15)7(2)24-3)25(23)13(21,22)11(16,17)12(18,19)20/h4-5,7H,1-3H3. The molecular weight excluding hydrogens is 529 g/mol. The van der Waals surface area contributed by atoms with Crippen LogP contribution in [-0.2, 0) is 11.2 Å². The minimum absolute atomic E-state index is 0.169. The summed E-state index contributed by atoms with van der Waals surface area (Å²) in [7, 11) is 0. The summed E-state index contributed by atoms with van der Waals surface area (Å²) in [4.78, 5) is -0.829. The average molecular weight is 541 g/mol. The Morgan fingerprint density at radius 1 is 1.20 bits per heavy atom. The van der Waals surface area contributed by atoms with Gasteiger partial charge in [-0.1, -0.05) is 45.7 Å². The summed E-state index contributed by atoms with van der Waals surface area (Å²) >= 11 is 3.70. The maximum atomic E-state index is 13.8. The fourth-order valence-corrected chi connectivity index (χ4v) is 5.82. The lowest BCUT2D eigenvalue weighted by molar-refractivity contribution is -0.331. The van der Waals surface area contributed by atoms with Crippen molar-refractivity contribution >= 4 is 54.8 Å². The van der Waals surface area contributed by atoms with E-state index in [9.17, 15) is 35.3 Å². The molecule has 0 aromatic heterocycles. The van der Waals surface area contributed by atoms with Crippen molar-refractivity contribution in [2.75, 3.05) is 6.26 Å². The molecule has 0 aliphatic heterocycles. The highest BCUT2D eigenvalue weighted by molar-refractivity contribution is 9.12. The monoisotopic (exact) mass is 539 g/mol. The van der Waals surface area contributed by atoms with Crippen molar-refractivity contribution < 1.29 is 35.3 Å². The fourth-order valence-electron chi connectivity index (χ4n) is 1.90. The number of hydrogen-bond acceptors (Lipinski definition) is 2. The molecule has 1 rings (SSSR count). The van der Waals surface area contributed by atoms with Crippen LogP contribution in [0.3, 0.4) is 0 Å². The van der Waals surface area contributed by atoms with Crippen LogP contribution in [0.1, 0.15) is 13.8 Å². The van der Waals surface area contributed by atoms with Gasteiger partial charge in [0.25, 0.3) is 0 Å². The highest BCUT2D eigenvalue weighted by atomic mass is 79.9. The largest absolute Gasteiger partial charge is 0.607 e. The maximum absolute atomic E-state index is 13.8. The van der Waals surface area contributed by atoms with Crippen LogP contribution in [0.5, 0.6) is 0 Å². The molecule has 0 fully saturated rings. The second-order valence-electron chi connectivity index (χ2n) is 5.17.